The molecule has 0 fully saturated rings. The fourth-order valence-electron chi connectivity index (χ4n) is 2.74. The van der Waals surface area contributed by atoms with Crippen LogP contribution in [0.2, 0.25) is 0 Å². The zero-order chi connectivity index (χ0) is 14.7. The van der Waals surface area contributed by atoms with Gasteiger partial charge in [-0.15, -0.1) is 0 Å². The number of hydrogen-bond acceptors (Lipinski definition) is 6. The normalized spacial score (nSPS) is 14.5. The van der Waals surface area contributed by atoms with Crippen molar-refractivity contribution in [2.75, 3.05) is 25.1 Å². The predicted octanol–water partition coefficient (Wildman–Crippen LogP) is 1.44. The van der Waals surface area contributed by atoms with Gasteiger partial charge in [0.2, 0.25) is 5.88 Å². The van der Waals surface area contributed by atoms with Gasteiger partial charge in [-0.1, -0.05) is 6.92 Å². The minimum atomic E-state index is 0.593. The molecule has 0 spiro atoms. The van der Waals surface area contributed by atoms with Gasteiger partial charge in [-0.05, 0) is 18.4 Å². The van der Waals surface area contributed by atoms with Crippen LogP contribution in [-0.4, -0.2) is 40.1 Å². The summed E-state index contributed by atoms with van der Waals surface area (Å²) in [7, 11) is 1.62. The Morgan fingerprint density at radius 2 is 1.90 bits per heavy atom. The lowest BCUT2D eigenvalue weighted by Gasteiger charge is -2.21. The van der Waals surface area contributed by atoms with E-state index in [1.54, 1.807) is 19.8 Å². The summed E-state index contributed by atoms with van der Waals surface area (Å²) in [6.07, 6.45) is 6.04. The molecule has 21 heavy (non-hydrogen) atoms. The Labute approximate surface area is 124 Å². The standard InChI is InChI=1S/C15H19N5O/c1-3-12-11-4-6-20(7-5-13(11)17-9-16-12)14-8-15(21-2)19-10-18-14/h8-10H,3-7H2,1-2H3. The van der Waals surface area contributed by atoms with E-state index >= 15 is 0 Å². The molecule has 0 saturated carbocycles. The SMILES string of the molecule is CCc1ncnc2c1CCN(c1cc(OC)ncn1)CC2. The maximum absolute atomic E-state index is 5.18. The number of nitrogens with zero attached hydrogens (tertiary/aromatic N) is 5. The van der Waals surface area contributed by atoms with Gasteiger partial charge < -0.3 is 9.64 Å². The zero-order valence-corrected chi connectivity index (χ0v) is 12.4. The molecule has 0 aromatic carbocycles. The molecule has 0 unspecified atom stereocenters. The third-order valence-electron chi connectivity index (χ3n) is 3.87. The first kappa shape index (κ1) is 13.7. The Balaban J connectivity index is 1.84. The number of aromatic nitrogens is 4. The van der Waals surface area contributed by atoms with Crippen LogP contribution in [0.5, 0.6) is 5.88 Å². The maximum Gasteiger partial charge on any atom is 0.218 e. The van der Waals surface area contributed by atoms with Crippen LogP contribution in [0.1, 0.15) is 23.9 Å². The Kier molecular flexibility index (Phi) is 3.94. The first-order valence-electron chi connectivity index (χ1n) is 7.24. The van der Waals surface area contributed by atoms with E-state index in [1.165, 1.54) is 17.0 Å². The predicted molar refractivity (Wildman–Crippen MR) is 79.6 cm³/mol. The maximum atomic E-state index is 5.18. The summed E-state index contributed by atoms with van der Waals surface area (Å²) in [5.74, 6) is 1.50. The van der Waals surface area contributed by atoms with Gasteiger partial charge in [0.15, 0.2) is 0 Å². The van der Waals surface area contributed by atoms with Crippen LogP contribution < -0.4 is 9.64 Å². The van der Waals surface area contributed by atoms with E-state index in [0.29, 0.717) is 5.88 Å². The highest BCUT2D eigenvalue weighted by molar-refractivity contribution is 5.42. The lowest BCUT2D eigenvalue weighted by molar-refractivity contribution is 0.396. The van der Waals surface area contributed by atoms with Gasteiger partial charge in [-0.2, -0.15) is 0 Å². The summed E-state index contributed by atoms with van der Waals surface area (Å²) in [6.45, 7) is 3.95. The number of fused-ring (bicyclic) bond motifs is 1. The third kappa shape index (κ3) is 2.79. The van der Waals surface area contributed by atoms with E-state index in [4.69, 9.17) is 4.74 Å². The van der Waals surface area contributed by atoms with E-state index in [9.17, 15) is 0 Å². The van der Waals surface area contributed by atoms with E-state index < -0.39 is 0 Å². The van der Waals surface area contributed by atoms with Crippen LogP contribution in [0.15, 0.2) is 18.7 Å². The summed E-state index contributed by atoms with van der Waals surface area (Å²) in [5, 5.41) is 0. The fraction of sp³-hybridized carbons (Fsp3) is 0.467. The number of anilines is 1. The van der Waals surface area contributed by atoms with Gasteiger partial charge in [0.1, 0.15) is 18.5 Å². The number of rotatable bonds is 3. The first-order valence-corrected chi connectivity index (χ1v) is 7.24. The van der Waals surface area contributed by atoms with E-state index in [1.807, 2.05) is 6.07 Å². The molecule has 0 bridgehead atoms. The first-order chi connectivity index (χ1) is 10.3. The zero-order valence-electron chi connectivity index (χ0n) is 12.4. The van der Waals surface area contributed by atoms with Gasteiger partial charge in [-0.25, -0.2) is 19.9 Å². The Morgan fingerprint density at radius 1 is 1.10 bits per heavy atom. The second-order valence-electron chi connectivity index (χ2n) is 5.00. The largest absolute Gasteiger partial charge is 0.481 e. The van der Waals surface area contributed by atoms with Crippen LogP contribution in [0.4, 0.5) is 5.82 Å². The molecule has 2 aromatic rings. The summed E-state index contributed by atoms with van der Waals surface area (Å²) in [5.41, 5.74) is 3.65. The molecule has 0 saturated heterocycles. The van der Waals surface area contributed by atoms with Crippen LogP contribution >= 0.6 is 0 Å². The molecule has 3 heterocycles. The van der Waals surface area contributed by atoms with Gasteiger partial charge in [0, 0.05) is 37.0 Å². The van der Waals surface area contributed by atoms with E-state index in [2.05, 4.69) is 31.8 Å². The highest BCUT2D eigenvalue weighted by Crippen LogP contribution is 2.21. The van der Waals surface area contributed by atoms with Crippen molar-refractivity contribution in [1.82, 2.24) is 19.9 Å². The topological polar surface area (TPSA) is 64.0 Å². The lowest BCUT2D eigenvalue weighted by Crippen LogP contribution is -2.27. The average Bonchev–Trinajstić information content (AvgIpc) is 2.77. The van der Waals surface area contributed by atoms with Crippen molar-refractivity contribution in [2.45, 2.75) is 26.2 Å². The smallest absolute Gasteiger partial charge is 0.218 e. The highest BCUT2D eigenvalue weighted by Gasteiger charge is 2.19. The molecule has 0 N–H and O–H groups in total. The summed E-state index contributed by atoms with van der Waals surface area (Å²) in [4.78, 5) is 19.5. The molecule has 1 aliphatic heterocycles. The second-order valence-corrected chi connectivity index (χ2v) is 5.00. The van der Waals surface area contributed by atoms with Crippen LogP contribution in [0.3, 0.4) is 0 Å². The summed E-state index contributed by atoms with van der Waals surface area (Å²) in [6, 6.07) is 1.88. The Bertz CT molecular complexity index is 631. The Hall–Kier alpha value is -2.24. The van der Waals surface area contributed by atoms with Crippen molar-refractivity contribution in [2.24, 2.45) is 0 Å². The van der Waals surface area contributed by atoms with Gasteiger partial charge >= 0.3 is 0 Å². The summed E-state index contributed by atoms with van der Waals surface area (Å²) >= 11 is 0. The molecule has 110 valence electrons. The average molecular weight is 285 g/mol. The van der Waals surface area contributed by atoms with Crippen molar-refractivity contribution in [3.63, 3.8) is 0 Å². The third-order valence-corrected chi connectivity index (χ3v) is 3.87. The molecule has 6 nitrogen and oxygen atoms in total. The fourth-order valence-corrected chi connectivity index (χ4v) is 2.74. The molecular formula is C15H19N5O. The van der Waals surface area contributed by atoms with Crippen molar-refractivity contribution in [3.8, 4) is 5.88 Å². The minimum absolute atomic E-state index is 0.593. The van der Waals surface area contributed by atoms with Crippen molar-refractivity contribution >= 4 is 5.82 Å². The molecule has 0 amide bonds. The number of hydrogen-bond donors (Lipinski definition) is 0. The van der Waals surface area contributed by atoms with Crippen molar-refractivity contribution in [3.05, 3.63) is 35.7 Å². The minimum Gasteiger partial charge on any atom is -0.481 e. The number of aryl methyl sites for hydroxylation is 1. The number of methoxy groups -OCH3 is 1. The monoisotopic (exact) mass is 285 g/mol. The van der Waals surface area contributed by atoms with Crippen LogP contribution in [0, 0.1) is 0 Å². The van der Waals surface area contributed by atoms with E-state index in [-0.39, 0.29) is 0 Å². The molecule has 1 aliphatic rings. The van der Waals surface area contributed by atoms with Gasteiger partial charge in [0.05, 0.1) is 7.11 Å². The number of ether oxygens (including phenoxy) is 1. The molecule has 0 aliphatic carbocycles. The molecule has 2 aromatic heterocycles. The molecule has 0 atom stereocenters. The van der Waals surface area contributed by atoms with E-state index in [0.717, 1.165) is 38.2 Å². The highest BCUT2D eigenvalue weighted by atomic mass is 16.5. The Morgan fingerprint density at radius 3 is 2.71 bits per heavy atom. The molecular weight excluding hydrogens is 266 g/mol. The quantitative estimate of drug-likeness (QED) is 0.850. The van der Waals surface area contributed by atoms with Gasteiger partial charge in [-0.3, -0.25) is 0 Å². The molecule has 6 heteroatoms. The van der Waals surface area contributed by atoms with Crippen LogP contribution in [0.25, 0.3) is 0 Å². The van der Waals surface area contributed by atoms with Crippen molar-refractivity contribution < 1.29 is 4.74 Å². The van der Waals surface area contributed by atoms with Crippen molar-refractivity contribution in [1.29, 1.82) is 0 Å². The van der Waals surface area contributed by atoms with Gasteiger partial charge in [0.25, 0.3) is 0 Å². The second kappa shape index (κ2) is 6.03. The summed E-state index contributed by atoms with van der Waals surface area (Å²) < 4.78 is 5.18. The molecule has 0 radical (unpaired) electrons. The lowest BCUT2D eigenvalue weighted by atomic mass is 10.1. The molecule has 3 rings (SSSR count). The van der Waals surface area contributed by atoms with Crippen LogP contribution in [-0.2, 0) is 19.3 Å².